The van der Waals surface area contributed by atoms with E-state index in [-0.39, 0.29) is 12.3 Å². The summed E-state index contributed by atoms with van der Waals surface area (Å²) < 4.78 is 42.4. The molecule has 0 fully saturated rings. The first-order valence-corrected chi connectivity index (χ1v) is 8.53. The van der Waals surface area contributed by atoms with Gasteiger partial charge in [0.15, 0.2) is 12.6 Å². The molecule has 0 saturated carbocycles. The Kier molecular flexibility index (Phi) is 7.27. The highest BCUT2D eigenvalue weighted by atomic mass is 19.4. The minimum absolute atomic E-state index is 0.182. The molecule has 148 valence electrons. The number of alkyl halides is 3. The Bertz CT molecular complexity index is 872. The summed E-state index contributed by atoms with van der Waals surface area (Å²) in [5, 5.41) is 15.1. The zero-order valence-electron chi connectivity index (χ0n) is 15.6. The van der Waals surface area contributed by atoms with Gasteiger partial charge in [0.05, 0.1) is 11.6 Å². The molecular formula is C20H21F3N4O. The van der Waals surface area contributed by atoms with Gasteiger partial charge in [-0.15, -0.1) is 0 Å². The van der Waals surface area contributed by atoms with Crippen molar-refractivity contribution >= 4 is 5.96 Å². The van der Waals surface area contributed by atoms with Gasteiger partial charge in [0, 0.05) is 25.7 Å². The van der Waals surface area contributed by atoms with E-state index in [1.807, 2.05) is 6.07 Å². The van der Waals surface area contributed by atoms with E-state index < -0.39 is 12.8 Å². The average molecular weight is 390 g/mol. The van der Waals surface area contributed by atoms with Crippen molar-refractivity contribution in [3.05, 3.63) is 64.7 Å². The number of aliphatic imine (C=N–C) groups is 1. The number of nitrogens with one attached hydrogen (secondary N) is 2. The lowest BCUT2D eigenvalue weighted by Gasteiger charge is -2.16. The second-order valence-corrected chi connectivity index (χ2v) is 6.11. The van der Waals surface area contributed by atoms with E-state index in [1.54, 1.807) is 50.4 Å². The molecular weight excluding hydrogens is 369 g/mol. The monoisotopic (exact) mass is 390 g/mol. The Morgan fingerprint density at radius 3 is 2.57 bits per heavy atom. The highest BCUT2D eigenvalue weighted by Gasteiger charge is 2.28. The third-order valence-corrected chi connectivity index (χ3v) is 3.80. The molecule has 0 spiro atoms. The van der Waals surface area contributed by atoms with Crippen LogP contribution in [0.3, 0.4) is 0 Å². The van der Waals surface area contributed by atoms with Crippen LogP contribution in [0.2, 0.25) is 0 Å². The Morgan fingerprint density at radius 2 is 1.89 bits per heavy atom. The summed E-state index contributed by atoms with van der Waals surface area (Å²) in [6.07, 6.45) is -4.40. The maximum Gasteiger partial charge on any atom is 0.422 e. The van der Waals surface area contributed by atoms with Crippen molar-refractivity contribution in [3.8, 4) is 11.8 Å². The highest BCUT2D eigenvalue weighted by molar-refractivity contribution is 5.79. The number of nitriles is 1. The molecule has 2 aromatic carbocycles. The number of benzene rings is 2. The third kappa shape index (κ3) is 6.83. The van der Waals surface area contributed by atoms with E-state index in [2.05, 4.69) is 21.7 Å². The van der Waals surface area contributed by atoms with E-state index in [9.17, 15) is 13.2 Å². The molecule has 2 rings (SSSR count). The van der Waals surface area contributed by atoms with Gasteiger partial charge in [-0.3, -0.25) is 4.99 Å². The Morgan fingerprint density at radius 1 is 1.14 bits per heavy atom. The van der Waals surface area contributed by atoms with Gasteiger partial charge in [0.1, 0.15) is 5.75 Å². The topological polar surface area (TPSA) is 69.4 Å². The average Bonchev–Trinajstić information content (AvgIpc) is 2.67. The molecule has 0 heterocycles. The molecule has 0 aliphatic heterocycles. The van der Waals surface area contributed by atoms with Crippen LogP contribution >= 0.6 is 0 Å². The van der Waals surface area contributed by atoms with Crippen molar-refractivity contribution in [3.63, 3.8) is 0 Å². The number of nitrogens with zero attached hydrogens (tertiary/aromatic N) is 2. The van der Waals surface area contributed by atoms with Crippen LogP contribution in [0.25, 0.3) is 0 Å². The first-order chi connectivity index (χ1) is 13.3. The molecule has 0 bridgehead atoms. The van der Waals surface area contributed by atoms with Crippen LogP contribution in [0, 0.1) is 18.3 Å². The van der Waals surface area contributed by atoms with Crippen LogP contribution in [0.5, 0.6) is 5.75 Å². The number of ether oxygens (including phenoxy) is 1. The van der Waals surface area contributed by atoms with Crippen LogP contribution < -0.4 is 15.4 Å². The van der Waals surface area contributed by atoms with Crippen molar-refractivity contribution in [1.29, 1.82) is 5.26 Å². The summed E-state index contributed by atoms with van der Waals surface area (Å²) in [4.78, 5) is 4.10. The van der Waals surface area contributed by atoms with Gasteiger partial charge in [-0.05, 0) is 36.2 Å². The zero-order chi connectivity index (χ0) is 20.6. The van der Waals surface area contributed by atoms with Crippen LogP contribution in [0.4, 0.5) is 13.2 Å². The fourth-order valence-electron chi connectivity index (χ4n) is 2.44. The smallest absolute Gasteiger partial charge is 0.422 e. The molecule has 0 amide bonds. The Labute approximate surface area is 161 Å². The van der Waals surface area contributed by atoms with E-state index in [0.29, 0.717) is 23.6 Å². The predicted molar refractivity (Wildman–Crippen MR) is 101 cm³/mol. The number of hydrogen-bond donors (Lipinski definition) is 2. The fraction of sp³-hybridized carbons (Fsp3) is 0.300. The maximum absolute atomic E-state index is 12.5. The van der Waals surface area contributed by atoms with Gasteiger partial charge >= 0.3 is 6.18 Å². The lowest BCUT2D eigenvalue weighted by atomic mass is 10.1. The summed E-state index contributed by atoms with van der Waals surface area (Å²) in [6.45, 7) is 1.13. The van der Waals surface area contributed by atoms with Gasteiger partial charge in [0.25, 0.3) is 0 Å². The van der Waals surface area contributed by atoms with Gasteiger partial charge < -0.3 is 15.4 Å². The van der Waals surface area contributed by atoms with Gasteiger partial charge in [0.2, 0.25) is 0 Å². The van der Waals surface area contributed by atoms with Crippen molar-refractivity contribution < 1.29 is 17.9 Å². The van der Waals surface area contributed by atoms with Crippen molar-refractivity contribution in [2.45, 2.75) is 26.2 Å². The second kappa shape index (κ2) is 9.65. The Balaban J connectivity index is 1.98. The first-order valence-electron chi connectivity index (χ1n) is 8.53. The van der Waals surface area contributed by atoms with Crippen LogP contribution in [0.1, 0.15) is 22.3 Å². The van der Waals surface area contributed by atoms with E-state index in [0.717, 1.165) is 11.1 Å². The number of halogens is 3. The molecule has 2 N–H and O–H groups in total. The van der Waals surface area contributed by atoms with Crippen LogP contribution in [-0.4, -0.2) is 25.8 Å². The zero-order valence-corrected chi connectivity index (χ0v) is 15.6. The summed E-state index contributed by atoms with van der Waals surface area (Å²) >= 11 is 0. The highest BCUT2D eigenvalue weighted by Crippen LogP contribution is 2.23. The molecule has 0 aromatic heterocycles. The molecule has 28 heavy (non-hydrogen) atoms. The largest absolute Gasteiger partial charge is 0.484 e. The first kappa shape index (κ1) is 21.1. The molecule has 0 aliphatic carbocycles. The van der Waals surface area contributed by atoms with Crippen molar-refractivity contribution in [1.82, 2.24) is 10.6 Å². The lowest BCUT2D eigenvalue weighted by Crippen LogP contribution is -2.36. The number of aryl methyl sites for hydroxylation is 1. The maximum atomic E-state index is 12.5. The number of hydrogen-bond acceptors (Lipinski definition) is 3. The van der Waals surface area contributed by atoms with Crippen LogP contribution in [-0.2, 0) is 13.1 Å². The molecule has 2 aromatic rings. The summed E-state index contributed by atoms with van der Waals surface area (Å²) in [7, 11) is 1.59. The molecule has 0 aliphatic rings. The minimum atomic E-state index is -4.40. The standard InChI is InChI=1S/C20H21F3N4O/c1-14-6-7-17(18(8-14)28-13-20(21,22)23)12-27-19(25-2)26-11-16-5-3-4-15(9-16)10-24/h3-9H,11-13H2,1-2H3,(H2,25,26,27). The summed E-state index contributed by atoms with van der Waals surface area (Å²) in [5.74, 6) is 0.659. The normalized spacial score (nSPS) is 11.6. The third-order valence-electron chi connectivity index (χ3n) is 3.80. The van der Waals surface area contributed by atoms with E-state index >= 15 is 0 Å². The SMILES string of the molecule is CN=C(NCc1cccc(C#N)c1)NCc1ccc(C)cc1OCC(F)(F)F. The van der Waals surface area contributed by atoms with Gasteiger partial charge in [-0.2, -0.15) is 18.4 Å². The molecule has 0 atom stereocenters. The number of guanidine groups is 1. The molecule has 0 radical (unpaired) electrons. The quantitative estimate of drug-likeness (QED) is 0.583. The summed E-state index contributed by atoms with van der Waals surface area (Å²) in [5.41, 5.74) is 2.87. The summed E-state index contributed by atoms with van der Waals surface area (Å²) in [6, 6.07) is 14.3. The molecule has 0 unspecified atom stereocenters. The lowest BCUT2D eigenvalue weighted by molar-refractivity contribution is -0.153. The predicted octanol–water partition coefficient (Wildman–Crippen LogP) is 3.67. The van der Waals surface area contributed by atoms with Crippen LogP contribution in [0.15, 0.2) is 47.5 Å². The van der Waals surface area contributed by atoms with Gasteiger partial charge in [-0.1, -0.05) is 24.3 Å². The molecule has 8 heteroatoms. The molecule has 0 saturated heterocycles. The minimum Gasteiger partial charge on any atom is -0.484 e. The van der Waals surface area contributed by atoms with E-state index in [1.165, 1.54) is 0 Å². The molecule has 5 nitrogen and oxygen atoms in total. The number of rotatable bonds is 6. The second-order valence-electron chi connectivity index (χ2n) is 6.11. The van der Waals surface area contributed by atoms with Crippen molar-refractivity contribution in [2.75, 3.05) is 13.7 Å². The van der Waals surface area contributed by atoms with E-state index in [4.69, 9.17) is 10.00 Å². The fourth-order valence-corrected chi connectivity index (χ4v) is 2.44. The van der Waals surface area contributed by atoms with Gasteiger partial charge in [-0.25, -0.2) is 0 Å². The Hall–Kier alpha value is -3.21. The van der Waals surface area contributed by atoms with Crippen molar-refractivity contribution in [2.24, 2.45) is 4.99 Å².